The average molecular weight is 391 g/mol. The van der Waals surface area contributed by atoms with Crippen LogP contribution < -0.4 is 10.1 Å². The Morgan fingerprint density at radius 1 is 1.15 bits per heavy atom. The molecular formula is C20H27ClN4O2. The predicted molar refractivity (Wildman–Crippen MR) is 109 cm³/mol. The van der Waals surface area contributed by atoms with Gasteiger partial charge in [-0.3, -0.25) is 4.79 Å². The molecule has 27 heavy (non-hydrogen) atoms. The van der Waals surface area contributed by atoms with Gasteiger partial charge in [-0.15, -0.1) is 0 Å². The van der Waals surface area contributed by atoms with Gasteiger partial charge in [0.25, 0.3) is 5.91 Å². The highest BCUT2D eigenvalue weighted by molar-refractivity contribution is 6.31. The van der Waals surface area contributed by atoms with Crippen LogP contribution in [0.5, 0.6) is 5.75 Å². The van der Waals surface area contributed by atoms with E-state index >= 15 is 0 Å². The fourth-order valence-corrected chi connectivity index (χ4v) is 2.98. The van der Waals surface area contributed by atoms with Gasteiger partial charge in [0, 0.05) is 30.2 Å². The predicted octanol–water partition coefficient (Wildman–Crippen LogP) is 4.76. The molecule has 0 aliphatic heterocycles. The summed E-state index contributed by atoms with van der Waals surface area (Å²) in [7, 11) is 1.58. The number of hydrogen-bond acceptors (Lipinski definition) is 5. The number of hydrogen-bond donors (Lipinski definition) is 1. The summed E-state index contributed by atoms with van der Waals surface area (Å²) in [6, 6.07) is 5.32. The van der Waals surface area contributed by atoms with Crippen LogP contribution in [0.1, 0.15) is 48.6 Å². The number of nitrogens with zero attached hydrogens (tertiary/aromatic N) is 3. The smallest absolute Gasteiger partial charge is 0.272 e. The van der Waals surface area contributed by atoms with Crippen molar-refractivity contribution in [2.45, 2.75) is 40.5 Å². The maximum absolute atomic E-state index is 12.9. The van der Waals surface area contributed by atoms with Gasteiger partial charge in [0.15, 0.2) is 0 Å². The zero-order chi connectivity index (χ0) is 20.0. The second-order valence-corrected chi connectivity index (χ2v) is 6.81. The maximum Gasteiger partial charge on any atom is 0.272 e. The van der Waals surface area contributed by atoms with Crippen molar-refractivity contribution in [3.63, 3.8) is 0 Å². The monoisotopic (exact) mass is 390 g/mol. The maximum atomic E-state index is 12.9. The summed E-state index contributed by atoms with van der Waals surface area (Å²) in [6.07, 6.45) is 1.81. The molecule has 2 aromatic rings. The number of methoxy groups -OCH3 is 1. The number of carbonyl (C=O) groups is 1. The molecule has 0 bridgehead atoms. The highest BCUT2D eigenvalue weighted by Gasteiger charge is 2.18. The molecule has 0 aliphatic carbocycles. The molecule has 0 atom stereocenters. The highest BCUT2D eigenvalue weighted by atomic mass is 35.5. The lowest BCUT2D eigenvalue weighted by Gasteiger charge is -2.21. The number of rotatable bonds is 8. The molecule has 1 N–H and O–H groups in total. The van der Waals surface area contributed by atoms with Crippen molar-refractivity contribution in [1.29, 1.82) is 0 Å². The molecule has 0 fully saturated rings. The average Bonchev–Trinajstić information content (AvgIpc) is 2.63. The Labute approximate surface area is 165 Å². The minimum absolute atomic E-state index is 0.0773. The van der Waals surface area contributed by atoms with Crippen molar-refractivity contribution in [3.05, 3.63) is 40.3 Å². The van der Waals surface area contributed by atoms with Crippen LogP contribution in [0.2, 0.25) is 5.02 Å². The van der Waals surface area contributed by atoms with E-state index < -0.39 is 0 Å². The largest absolute Gasteiger partial charge is 0.495 e. The van der Waals surface area contributed by atoms with Crippen LogP contribution in [-0.2, 0) is 0 Å². The second kappa shape index (κ2) is 9.55. The van der Waals surface area contributed by atoms with Crippen molar-refractivity contribution in [1.82, 2.24) is 14.9 Å². The SMILES string of the molecule is CCCN(CCC)C(=O)c1cc(Nc2cc(C)c(Cl)cc2OC)nc(C)n1. The summed E-state index contributed by atoms with van der Waals surface area (Å²) in [5.74, 6) is 1.60. The molecule has 0 radical (unpaired) electrons. The van der Waals surface area contributed by atoms with Gasteiger partial charge in [-0.05, 0) is 38.3 Å². The third-order valence-corrected chi connectivity index (χ3v) is 4.48. The van der Waals surface area contributed by atoms with E-state index in [4.69, 9.17) is 16.3 Å². The van der Waals surface area contributed by atoms with Crippen LogP contribution in [0.4, 0.5) is 11.5 Å². The summed E-state index contributed by atoms with van der Waals surface area (Å²) < 4.78 is 5.40. The molecular weight excluding hydrogens is 364 g/mol. The highest BCUT2D eigenvalue weighted by Crippen LogP contribution is 2.32. The Morgan fingerprint density at radius 3 is 2.41 bits per heavy atom. The van der Waals surface area contributed by atoms with Crippen molar-refractivity contribution < 1.29 is 9.53 Å². The molecule has 0 unspecified atom stereocenters. The third kappa shape index (κ3) is 5.32. The van der Waals surface area contributed by atoms with Gasteiger partial charge in [0.2, 0.25) is 0 Å². The van der Waals surface area contributed by atoms with E-state index in [1.54, 1.807) is 26.2 Å². The van der Waals surface area contributed by atoms with E-state index in [2.05, 4.69) is 29.1 Å². The minimum atomic E-state index is -0.0773. The van der Waals surface area contributed by atoms with Crippen LogP contribution in [0.3, 0.4) is 0 Å². The van der Waals surface area contributed by atoms with Crippen LogP contribution in [0, 0.1) is 13.8 Å². The Kier molecular flexibility index (Phi) is 7.42. The lowest BCUT2D eigenvalue weighted by Crippen LogP contribution is -2.33. The van der Waals surface area contributed by atoms with Gasteiger partial charge in [0.1, 0.15) is 23.1 Å². The topological polar surface area (TPSA) is 67.4 Å². The summed E-state index contributed by atoms with van der Waals surface area (Å²) in [5, 5.41) is 3.85. The summed E-state index contributed by atoms with van der Waals surface area (Å²) >= 11 is 6.17. The summed E-state index contributed by atoms with van der Waals surface area (Å²) in [6.45, 7) is 9.23. The first-order chi connectivity index (χ1) is 12.9. The number of halogens is 1. The van der Waals surface area contributed by atoms with Gasteiger partial charge >= 0.3 is 0 Å². The van der Waals surface area contributed by atoms with Crippen molar-refractivity contribution in [3.8, 4) is 5.75 Å². The van der Waals surface area contributed by atoms with Gasteiger partial charge in [-0.2, -0.15) is 0 Å². The van der Waals surface area contributed by atoms with Gasteiger partial charge < -0.3 is 15.0 Å². The van der Waals surface area contributed by atoms with Crippen LogP contribution >= 0.6 is 11.6 Å². The van der Waals surface area contributed by atoms with Gasteiger partial charge in [-0.25, -0.2) is 9.97 Å². The summed E-state index contributed by atoms with van der Waals surface area (Å²) in [5.41, 5.74) is 2.03. The molecule has 0 spiro atoms. The van der Waals surface area contributed by atoms with E-state index in [1.165, 1.54) is 0 Å². The molecule has 6 nitrogen and oxygen atoms in total. The molecule has 0 saturated heterocycles. The molecule has 0 saturated carbocycles. The van der Waals surface area contributed by atoms with E-state index in [0.29, 0.717) is 41.2 Å². The molecule has 1 heterocycles. The quantitative estimate of drug-likeness (QED) is 0.703. The lowest BCUT2D eigenvalue weighted by molar-refractivity contribution is 0.0749. The van der Waals surface area contributed by atoms with Crippen molar-refractivity contribution >= 4 is 29.0 Å². The van der Waals surface area contributed by atoms with E-state index in [9.17, 15) is 4.79 Å². The molecule has 0 aliphatic rings. The normalized spacial score (nSPS) is 10.6. The number of anilines is 2. The second-order valence-electron chi connectivity index (χ2n) is 6.40. The first kappa shape index (κ1) is 21.0. The standard InChI is InChI=1S/C20H27ClN4O2/c1-6-8-25(9-7-2)20(26)17-12-19(23-14(4)22-17)24-16-10-13(3)15(21)11-18(16)27-5/h10-12H,6-9H2,1-5H3,(H,22,23,24). The molecule has 2 rings (SSSR count). The van der Waals surface area contributed by atoms with Crippen molar-refractivity contribution in [2.75, 3.05) is 25.5 Å². The Hall–Kier alpha value is -2.34. The Morgan fingerprint density at radius 2 is 1.81 bits per heavy atom. The van der Waals surface area contributed by atoms with E-state index in [0.717, 1.165) is 24.1 Å². The summed E-state index contributed by atoms with van der Waals surface area (Å²) in [4.78, 5) is 23.5. The third-order valence-electron chi connectivity index (χ3n) is 4.07. The molecule has 146 valence electrons. The zero-order valence-electron chi connectivity index (χ0n) is 16.6. The van der Waals surface area contributed by atoms with Gasteiger partial charge in [-0.1, -0.05) is 25.4 Å². The molecule has 1 aromatic heterocycles. The van der Waals surface area contributed by atoms with Crippen molar-refractivity contribution in [2.24, 2.45) is 0 Å². The number of carbonyl (C=O) groups excluding carboxylic acids is 1. The Bertz CT molecular complexity index is 805. The van der Waals surface area contributed by atoms with Crippen LogP contribution in [0.15, 0.2) is 18.2 Å². The number of amides is 1. The number of aryl methyl sites for hydroxylation is 2. The van der Waals surface area contributed by atoms with Crippen LogP contribution in [0.25, 0.3) is 0 Å². The molecule has 1 amide bonds. The molecule has 7 heteroatoms. The molecule has 1 aromatic carbocycles. The van der Waals surface area contributed by atoms with E-state index in [-0.39, 0.29) is 5.91 Å². The van der Waals surface area contributed by atoms with Gasteiger partial charge in [0.05, 0.1) is 12.8 Å². The first-order valence-electron chi connectivity index (χ1n) is 9.15. The fourth-order valence-electron chi connectivity index (χ4n) is 2.83. The Balaban J connectivity index is 2.35. The van der Waals surface area contributed by atoms with E-state index in [1.807, 2.05) is 17.9 Å². The lowest BCUT2D eigenvalue weighted by atomic mass is 10.2. The number of ether oxygens (including phenoxy) is 1. The fraction of sp³-hybridized carbons (Fsp3) is 0.450. The number of nitrogens with one attached hydrogen (secondary N) is 1. The minimum Gasteiger partial charge on any atom is -0.495 e. The zero-order valence-corrected chi connectivity index (χ0v) is 17.4. The first-order valence-corrected chi connectivity index (χ1v) is 9.53. The number of benzene rings is 1. The van der Waals surface area contributed by atoms with Crippen LogP contribution in [-0.4, -0.2) is 41.0 Å². The number of aromatic nitrogens is 2.